The van der Waals surface area contributed by atoms with Crippen LogP contribution < -0.4 is 0 Å². The standard InChI is InChI=1S/C21H26ClN3O3S/c1-15-19(20(23-28-15)17-5-2-3-6-18(17)22)21(26)25-7-4-12-29-14-16(25)13-24-8-10-27-11-9-24/h2-3,5-6,16H,4,7-14H2,1H3/t16-/m0/s1. The van der Waals surface area contributed by atoms with E-state index < -0.39 is 0 Å². The molecular weight excluding hydrogens is 410 g/mol. The Bertz CT molecular complexity index is 853. The van der Waals surface area contributed by atoms with Crippen LogP contribution in [-0.4, -0.2) is 77.8 Å². The van der Waals surface area contributed by atoms with Gasteiger partial charge in [-0.1, -0.05) is 35.0 Å². The fraction of sp³-hybridized carbons (Fsp3) is 0.524. The third-order valence-corrected chi connectivity index (χ3v) is 7.01. The molecule has 4 rings (SSSR count). The largest absolute Gasteiger partial charge is 0.379 e. The van der Waals surface area contributed by atoms with Gasteiger partial charge in [0, 0.05) is 37.5 Å². The lowest BCUT2D eigenvalue weighted by Gasteiger charge is -2.35. The number of hydrogen-bond donors (Lipinski definition) is 0. The van der Waals surface area contributed by atoms with Gasteiger partial charge < -0.3 is 14.2 Å². The molecule has 2 aliphatic rings. The second kappa shape index (κ2) is 9.51. The van der Waals surface area contributed by atoms with Crippen molar-refractivity contribution in [3.05, 3.63) is 40.6 Å². The molecule has 0 saturated carbocycles. The predicted octanol–water partition coefficient (Wildman–Crippen LogP) is 3.58. The number of halogens is 1. The van der Waals surface area contributed by atoms with Crippen molar-refractivity contribution in [3.8, 4) is 11.3 Å². The second-order valence-electron chi connectivity index (χ2n) is 7.44. The van der Waals surface area contributed by atoms with E-state index in [0.29, 0.717) is 22.0 Å². The average molecular weight is 436 g/mol. The van der Waals surface area contributed by atoms with Gasteiger partial charge >= 0.3 is 0 Å². The summed E-state index contributed by atoms with van der Waals surface area (Å²) in [4.78, 5) is 18.1. The molecule has 0 N–H and O–H groups in total. The van der Waals surface area contributed by atoms with Gasteiger partial charge in [-0.3, -0.25) is 9.69 Å². The van der Waals surface area contributed by atoms with Crippen molar-refractivity contribution >= 4 is 29.3 Å². The van der Waals surface area contributed by atoms with Crippen molar-refractivity contribution in [1.82, 2.24) is 15.0 Å². The van der Waals surface area contributed by atoms with Crippen LogP contribution in [0.5, 0.6) is 0 Å². The van der Waals surface area contributed by atoms with Gasteiger partial charge in [-0.2, -0.15) is 11.8 Å². The molecule has 1 aromatic carbocycles. The highest BCUT2D eigenvalue weighted by molar-refractivity contribution is 7.99. The third-order valence-electron chi connectivity index (χ3n) is 5.48. The lowest BCUT2D eigenvalue weighted by Crippen LogP contribution is -2.50. The Kier molecular flexibility index (Phi) is 6.80. The molecule has 0 spiro atoms. The Morgan fingerprint density at radius 1 is 1.28 bits per heavy atom. The van der Waals surface area contributed by atoms with E-state index in [1.165, 1.54) is 0 Å². The molecule has 0 radical (unpaired) electrons. The lowest BCUT2D eigenvalue weighted by atomic mass is 10.0. The van der Waals surface area contributed by atoms with Crippen molar-refractivity contribution in [2.75, 3.05) is 50.9 Å². The van der Waals surface area contributed by atoms with Gasteiger partial charge in [-0.05, 0) is 25.2 Å². The number of amides is 1. The van der Waals surface area contributed by atoms with Crippen LogP contribution in [0.1, 0.15) is 22.5 Å². The van der Waals surface area contributed by atoms with Crippen LogP contribution in [0.15, 0.2) is 28.8 Å². The van der Waals surface area contributed by atoms with Crippen molar-refractivity contribution in [1.29, 1.82) is 0 Å². The van der Waals surface area contributed by atoms with E-state index in [1.54, 1.807) is 13.0 Å². The highest BCUT2D eigenvalue weighted by atomic mass is 35.5. The van der Waals surface area contributed by atoms with Gasteiger partial charge in [0.2, 0.25) is 0 Å². The maximum absolute atomic E-state index is 13.7. The number of carbonyl (C=O) groups is 1. The number of ether oxygens (including phenoxy) is 1. The molecule has 6 nitrogen and oxygen atoms in total. The zero-order valence-electron chi connectivity index (χ0n) is 16.6. The summed E-state index contributed by atoms with van der Waals surface area (Å²) in [6, 6.07) is 7.59. The van der Waals surface area contributed by atoms with Gasteiger partial charge in [-0.15, -0.1) is 0 Å². The molecule has 2 fully saturated rings. The van der Waals surface area contributed by atoms with E-state index in [9.17, 15) is 4.79 Å². The molecule has 0 aliphatic carbocycles. The first-order valence-corrected chi connectivity index (χ1v) is 11.6. The van der Waals surface area contributed by atoms with Gasteiger partial charge in [0.05, 0.1) is 24.3 Å². The van der Waals surface area contributed by atoms with Gasteiger partial charge in [-0.25, -0.2) is 0 Å². The maximum atomic E-state index is 13.7. The van der Waals surface area contributed by atoms with E-state index >= 15 is 0 Å². The van der Waals surface area contributed by atoms with Crippen LogP contribution in [0, 0.1) is 6.92 Å². The molecule has 1 aromatic heterocycles. The number of carbonyl (C=O) groups excluding carboxylic acids is 1. The van der Waals surface area contributed by atoms with E-state index in [-0.39, 0.29) is 11.9 Å². The minimum atomic E-state index is -0.0144. The molecule has 0 bridgehead atoms. The number of morpholine rings is 1. The molecule has 2 aliphatic heterocycles. The summed E-state index contributed by atoms with van der Waals surface area (Å²) in [5, 5.41) is 4.75. The maximum Gasteiger partial charge on any atom is 0.260 e. The summed E-state index contributed by atoms with van der Waals surface area (Å²) in [6.07, 6.45) is 0.988. The normalized spacial score (nSPS) is 21.2. The molecule has 1 atom stereocenters. The minimum absolute atomic E-state index is 0.0144. The Hall–Kier alpha value is -1.54. The summed E-state index contributed by atoms with van der Waals surface area (Å²) in [7, 11) is 0. The van der Waals surface area contributed by atoms with Crippen molar-refractivity contribution in [3.63, 3.8) is 0 Å². The number of benzene rings is 1. The molecule has 0 unspecified atom stereocenters. The zero-order chi connectivity index (χ0) is 20.2. The third kappa shape index (κ3) is 4.63. The predicted molar refractivity (Wildman–Crippen MR) is 116 cm³/mol. The van der Waals surface area contributed by atoms with E-state index in [4.69, 9.17) is 20.9 Å². The average Bonchev–Trinajstić information content (AvgIpc) is 2.96. The number of nitrogens with zero attached hydrogens (tertiary/aromatic N) is 3. The van der Waals surface area contributed by atoms with Crippen LogP contribution in [0.25, 0.3) is 11.3 Å². The van der Waals surface area contributed by atoms with Crippen LogP contribution in [0.3, 0.4) is 0 Å². The second-order valence-corrected chi connectivity index (χ2v) is 8.99. The topological polar surface area (TPSA) is 58.8 Å². The van der Waals surface area contributed by atoms with Gasteiger partial charge in [0.15, 0.2) is 0 Å². The number of rotatable bonds is 4. The Morgan fingerprint density at radius 3 is 2.86 bits per heavy atom. The Morgan fingerprint density at radius 2 is 2.07 bits per heavy atom. The summed E-state index contributed by atoms with van der Waals surface area (Å²) in [5.41, 5.74) is 1.78. The van der Waals surface area contributed by atoms with Gasteiger partial charge in [0.25, 0.3) is 5.91 Å². The van der Waals surface area contributed by atoms with Gasteiger partial charge in [0.1, 0.15) is 17.0 Å². The molecule has 1 amide bonds. The molecule has 3 heterocycles. The van der Waals surface area contributed by atoms with Crippen LogP contribution in [0.4, 0.5) is 0 Å². The summed E-state index contributed by atoms with van der Waals surface area (Å²) >= 11 is 8.31. The van der Waals surface area contributed by atoms with E-state index in [0.717, 1.165) is 62.9 Å². The number of thioether (sulfide) groups is 1. The first-order valence-electron chi connectivity index (χ1n) is 10.0. The Balaban J connectivity index is 1.63. The monoisotopic (exact) mass is 435 g/mol. The molecule has 2 saturated heterocycles. The molecule has 8 heteroatoms. The first kappa shape index (κ1) is 20.7. The van der Waals surface area contributed by atoms with Crippen molar-refractivity contribution < 1.29 is 14.1 Å². The zero-order valence-corrected chi connectivity index (χ0v) is 18.2. The number of hydrogen-bond acceptors (Lipinski definition) is 6. The number of aromatic nitrogens is 1. The fourth-order valence-corrected chi connectivity index (χ4v) is 5.22. The van der Waals surface area contributed by atoms with Crippen molar-refractivity contribution in [2.24, 2.45) is 0 Å². The van der Waals surface area contributed by atoms with E-state index in [1.807, 2.05) is 34.9 Å². The smallest absolute Gasteiger partial charge is 0.260 e. The van der Waals surface area contributed by atoms with Crippen LogP contribution in [0.2, 0.25) is 5.02 Å². The summed E-state index contributed by atoms with van der Waals surface area (Å²) < 4.78 is 10.9. The van der Waals surface area contributed by atoms with Crippen LogP contribution in [-0.2, 0) is 4.74 Å². The first-order chi connectivity index (χ1) is 14.1. The van der Waals surface area contributed by atoms with E-state index in [2.05, 4.69) is 10.1 Å². The Labute approximate surface area is 180 Å². The number of aryl methyl sites for hydroxylation is 1. The molecular formula is C21H26ClN3O3S. The van der Waals surface area contributed by atoms with Crippen molar-refractivity contribution in [2.45, 2.75) is 19.4 Å². The molecule has 29 heavy (non-hydrogen) atoms. The van der Waals surface area contributed by atoms with Crippen LogP contribution >= 0.6 is 23.4 Å². The SMILES string of the molecule is Cc1onc(-c2ccccc2Cl)c1C(=O)N1CCCSC[C@@H]1CN1CCOCC1. The minimum Gasteiger partial charge on any atom is -0.379 e. The fourth-order valence-electron chi connectivity index (χ4n) is 3.93. The highest BCUT2D eigenvalue weighted by Gasteiger charge is 2.33. The molecule has 156 valence electrons. The molecule has 2 aromatic rings. The lowest BCUT2D eigenvalue weighted by molar-refractivity contribution is 0.0245. The highest BCUT2D eigenvalue weighted by Crippen LogP contribution is 2.32. The quantitative estimate of drug-likeness (QED) is 0.731. The summed E-state index contributed by atoms with van der Waals surface area (Å²) in [5.74, 6) is 2.53. The summed E-state index contributed by atoms with van der Waals surface area (Å²) in [6.45, 7) is 6.76.